The first-order valence-corrected chi connectivity index (χ1v) is 9.28. The molecule has 7 nitrogen and oxygen atoms in total. The fourth-order valence-corrected chi connectivity index (χ4v) is 3.13. The maximum Gasteiger partial charge on any atom is 0.261 e. The summed E-state index contributed by atoms with van der Waals surface area (Å²) in [7, 11) is 0. The van der Waals surface area contributed by atoms with Crippen LogP contribution in [-0.4, -0.2) is 26.2 Å². The van der Waals surface area contributed by atoms with Gasteiger partial charge in [0, 0.05) is 36.8 Å². The van der Waals surface area contributed by atoms with Crippen LogP contribution in [0.4, 0.5) is 20.2 Å². The first-order chi connectivity index (χ1) is 14.9. The second-order valence-electron chi connectivity index (χ2n) is 6.70. The second kappa shape index (κ2) is 8.23. The van der Waals surface area contributed by atoms with E-state index < -0.39 is 17.5 Å². The zero-order valence-electron chi connectivity index (χ0n) is 16.3. The number of anilines is 2. The zero-order chi connectivity index (χ0) is 22.0. The van der Waals surface area contributed by atoms with Crippen molar-refractivity contribution in [2.75, 3.05) is 10.6 Å². The van der Waals surface area contributed by atoms with Gasteiger partial charge in [0.1, 0.15) is 17.1 Å². The van der Waals surface area contributed by atoms with E-state index >= 15 is 0 Å². The summed E-state index contributed by atoms with van der Waals surface area (Å²) < 4.78 is 30.6. The molecule has 2 N–H and O–H groups in total. The van der Waals surface area contributed by atoms with Crippen LogP contribution in [0.1, 0.15) is 17.3 Å². The van der Waals surface area contributed by atoms with Crippen LogP contribution in [0.5, 0.6) is 0 Å². The Bertz CT molecular complexity index is 1260. The number of halogens is 2. The van der Waals surface area contributed by atoms with Crippen LogP contribution in [0.2, 0.25) is 0 Å². The van der Waals surface area contributed by atoms with E-state index in [4.69, 9.17) is 0 Å². The summed E-state index contributed by atoms with van der Waals surface area (Å²) in [5, 5.41) is 9.57. The molecule has 0 saturated heterocycles. The Morgan fingerprint density at radius 2 is 1.65 bits per heavy atom. The molecule has 0 spiro atoms. The van der Waals surface area contributed by atoms with Gasteiger partial charge < -0.3 is 15.2 Å². The van der Waals surface area contributed by atoms with Gasteiger partial charge in [-0.25, -0.2) is 13.5 Å². The Labute approximate surface area is 175 Å². The Kier molecular flexibility index (Phi) is 5.31. The third-order valence-corrected chi connectivity index (χ3v) is 4.42. The third-order valence-electron chi connectivity index (χ3n) is 4.42. The molecule has 0 aliphatic heterocycles. The average molecular weight is 421 g/mol. The number of rotatable bonds is 5. The lowest BCUT2D eigenvalue weighted by atomic mass is 10.2. The topological polar surface area (TPSA) is 81.0 Å². The number of amides is 2. The summed E-state index contributed by atoms with van der Waals surface area (Å²) >= 11 is 0. The summed E-state index contributed by atoms with van der Waals surface area (Å²) in [5.41, 5.74) is 1.15. The third kappa shape index (κ3) is 4.20. The lowest BCUT2D eigenvalue weighted by molar-refractivity contribution is -0.114. The van der Waals surface area contributed by atoms with E-state index in [0.717, 1.165) is 12.1 Å². The SMILES string of the molecule is CC(=O)Nc1cccc(NC(=O)c2cnn(-c3ccc(F)cc3F)c2-n2cccc2)c1. The number of carbonyl (C=O) groups is 2. The maximum absolute atomic E-state index is 14.4. The van der Waals surface area contributed by atoms with Crippen molar-refractivity contribution in [3.63, 3.8) is 0 Å². The minimum atomic E-state index is -0.813. The van der Waals surface area contributed by atoms with Gasteiger partial charge in [-0.05, 0) is 42.5 Å². The van der Waals surface area contributed by atoms with Crippen molar-refractivity contribution in [3.8, 4) is 11.5 Å². The van der Waals surface area contributed by atoms with Crippen molar-refractivity contribution >= 4 is 23.2 Å². The van der Waals surface area contributed by atoms with Gasteiger partial charge in [-0.15, -0.1) is 0 Å². The van der Waals surface area contributed by atoms with Crippen LogP contribution >= 0.6 is 0 Å². The van der Waals surface area contributed by atoms with Gasteiger partial charge in [0.15, 0.2) is 11.6 Å². The van der Waals surface area contributed by atoms with E-state index in [1.807, 2.05) is 0 Å². The summed E-state index contributed by atoms with van der Waals surface area (Å²) in [4.78, 5) is 24.3. The first-order valence-electron chi connectivity index (χ1n) is 9.28. The lowest BCUT2D eigenvalue weighted by Gasteiger charge is -2.12. The van der Waals surface area contributed by atoms with Crippen LogP contribution in [0, 0.1) is 11.6 Å². The Balaban J connectivity index is 1.73. The number of benzene rings is 2. The molecule has 0 aliphatic carbocycles. The monoisotopic (exact) mass is 421 g/mol. The van der Waals surface area contributed by atoms with Gasteiger partial charge >= 0.3 is 0 Å². The van der Waals surface area contributed by atoms with Crippen molar-refractivity contribution in [1.29, 1.82) is 0 Å². The Morgan fingerprint density at radius 1 is 0.935 bits per heavy atom. The standard InChI is InChI=1S/C22H17F2N5O2/c1-14(30)26-16-5-4-6-17(12-16)27-21(31)18-13-25-29(22(18)28-9-2-3-10-28)20-8-7-15(23)11-19(20)24/h2-13H,1H3,(H,26,30)(H,27,31). The molecule has 0 aliphatic rings. The highest BCUT2D eigenvalue weighted by Crippen LogP contribution is 2.24. The van der Waals surface area contributed by atoms with E-state index in [0.29, 0.717) is 11.4 Å². The number of nitrogens with zero attached hydrogens (tertiary/aromatic N) is 3. The highest BCUT2D eigenvalue weighted by Gasteiger charge is 2.22. The molecule has 0 saturated carbocycles. The molecule has 0 atom stereocenters. The quantitative estimate of drug-likeness (QED) is 0.508. The van der Waals surface area contributed by atoms with E-state index in [2.05, 4.69) is 15.7 Å². The Morgan fingerprint density at radius 3 is 2.32 bits per heavy atom. The number of hydrogen-bond donors (Lipinski definition) is 2. The van der Waals surface area contributed by atoms with Gasteiger partial charge in [-0.2, -0.15) is 5.10 Å². The maximum atomic E-state index is 14.4. The van der Waals surface area contributed by atoms with Crippen molar-refractivity contribution in [1.82, 2.24) is 14.3 Å². The molecule has 4 rings (SSSR count). The van der Waals surface area contributed by atoms with Crippen LogP contribution in [0.3, 0.4) is 0 Å². The van der Waals surface area contributed by atoms with Gasteiger partial charge in [0.2, 0.25) is 5.91 Å². The fourth-order valence-electron chi connectivity index (χ4n) is 3.13. The van der Waals surface area contributed by atoms with Gasteiger partial charge in [0.05, 0.1) is 6.20 Å². The normalized spacial score (nSPS) is 10.7. The van der Waals surface area contributed by atoms with Crippen LogP contribution in [-0.2, 0) is 4.79 Å². The molecule has 0 fully saturated rings. The summed E-state index contributed by atoms with van der Waals surface area (Å²) in [6.07, 6.45) is 4.68. The molecular formula is C22H17F2N5O2. The molecule has 31 heavy (non-hydrogen) atoms. The number of hydrogen-bond acceptors (Lipinski definition) is 3. The molecular weight excluding hydrogens is 404 g/mol. The van der Waals surface area contributed by atoms with Crippen LogP contribution < -0.4 is 10.6 Å². The molecule has 2 amide bonds. The van der Waals surface area contributed by atoms with E-state index in [1.54, 1.807) is 53.4 Å². The summed E-state index contributed by atoms with van der Waals surface area (Å²) in [6.45, 7) is 1.39. The second-order valence-corrected chi connectivity index (χ2v) is 6.70. The molecule has 2 heterocycles. The van der Waals surface area contributed by atoms with E-state index in [1.165, 1.54) is 23.9 Å². The van der Waals surface area contributed by atoms with Crippen LogP contribution in [0.25, 0.3) is 11.5 Å². The molecule has 0 radical (unpaired) electrons. The van der Waals surface area contributed by atoms with Crippen molar-refractivity contribution in [2.24, 2.45) is 0 Å². The van der Waals surface area contributed by atoms with Crippen molar-refractivity contribution < 1.29 is 18.4 Å². The molecule has 9 heteroatoms. The van der Waals surface area contributed by atoms with Crippen molar-refractivity contribution in [2.45, 2.75) is 6.92 Å². The smallest absolute Gasteiger partial charge is 0.261 e. The van der Waals surface area contributed by atoms with Gasteiger partial charge in [0.25, 0.3) is 5.91 Å². The predicted molar refractivity (Wildman–Crippen MR) is 112 cm³/mol. The predicted octanol–water partition coefficient (Wildman–Crippen LogP) is 4.15. The first kappa shape index (κ1) is 20.0. The van der Waals surface area contributed by atoms with Gasteiger partial charge in [-0.3, -0.25) is 9.59 Å². The Hall–Kier alpha value is -4.27. The minimum absolute atomic E-state index is 0.00296. The number of carbonyl (C=O) groups excluding carboxylic acids is 2. The van der Waals surface area contributed by atoms with Crippen LogP contribution in [0.15, 0.2) is 73.2 Å². The minimum Gasteiger partial charge on any atom is -0.326 e. The molecule has 0 bridgehead atoms. The van der Waals surface area contributed by atoms with Crippen molar-refractivity contribution in [3.05, 3.63) is 90.4 Å². The molecule has 156 valence electrons. The number of aromatic nitrogens is 3. The van der Waals surface area contributed by atoms with Gasteiger partial charge in [-0.1, -0.05) is 6.07 Å². The van der Waals surface area contributed by atoms with E-state index in [-0.39, 0.29) is 23.0 Å². The average Bonchev–Trinajstić information content (AvgIpc) is 3.37. The summed E-state index contributed by atoms with van der Waals surface area (Å²) in [5.74, 6) is -1.97. The summed E-state index contributed by atoms with van der Waals surface area (Å²) in [6, 6.07) is 13.3. The fraction of sp³-hybridized carbons (Fsp3) is 0.0455. The largest absolute Gasteiger partial charge is 0.326 e. The molecule has 2 aromatic heterocycles. The highest BCUT2D eigenvalue weighted by atomic mass is 19.1. The van der Waals surface area contributed by atoms with E-state index in [9.17, 15) is 18.4 Å². The zero-order valence-corrected chi connectivity index (χ0v) is 16.3. The lowest BCUT2D eigenvalue weighted by Crippen LogP contribution is -2.16. The molecule has 2 aromatic carbocycles. The molecule has 4 aromatic rings. The molecule has 0 unspecified atom stereocenters. The highest BCUT2D eigenvalue weighted by molar-refractivity contribution is 6.06. The number of nitrogens with one attached hydrogen (secondary N) is 2.